The van der Waals surface area contributed by atoms with Crippen LogP contribution in [0.1, 0.15) is 6.92 Å². The van der Waals surface area contributed by atoms with E-state index >= 15 is 0 Å². The summed E-state index contributed by atoms with van der Waals surface area (Å²) in [5.74, 6) is -0.265. The monoisotopic (exact) mass is 331 g/mol. The Bertz CT molecular complexity index is 704. The molecule has 0 radical (unpaired) electrons. The van der Waals surface area contributed by atoms with E-state index in [0.717, 1.165) is 0 Å². The second-order valence-electron chi connectivity index (χ2n) is 4.79. The van der Waals surface area contributed by atoms with Crippen LogP contribution in [0.2, 0.25) is 0 Å². The van der Waals surface area contributed by atoms with Crippen molar-refractivity contribution in [2.75, 3.05) is 23.8 Å². The molecule has 24 heavy (non-hydrogen) atoms. The molecule has 0 bridgehead atoms. The molecule has 0 spiro atoms. The number of hydrogen-bond acceptors (Lipinski definition) is 3. The summed E-state index contributed by atoms with van der Waals surface area (Å²) in [6.07, 6.45) is 0. The Kier molecular flexibility index (Phi) is 6.13. The number of hydrogen-bond donors (Lipinski definition) is 3. The molecule has 0 fully saturated rings. The molecule has 3 amide bonds. The van der Waals surface area contributed by atoms with Gasteiger partial charge >= 0.3 is 6.03 Å². The Hall–Kier alpha value is -3.09. The van der Waals surface area contributed by atoms with E-state index in [0.29, 0.717) is 23.7 Å². The van der Waals surface area contributed by atoms with Crippen molar-refractivity contribution in [1.29, 1.82) is 0 Å². The molecule has 0 aliphatic carbocycles. The lowest BCUT2D eigenvalue weighted by Gasteiger charge is -2.12. The van der Waals surface area contributed by atoms with Gasteiger partial charge in [-0.1, -0.05) is 12.1 Å². The average Bonchev–Trinajstić information content (AvgIpc) is 2.57. The maximum Gasteiger partial charge on any atom is 0.319 e. The van der Waals surface area contributed by atoms with Crippen LogP contribution in [0.5, 0.6) is 5.75 Å². The van der Waals surface area contributed by atoms with Crippen LogP contribution in [0.3, 0.4) is 0 Å². The SMILES string of the molecule is CCOc1ccccc1NC(=O)NCC(=O)Nc1ccc(F)cc1. The smallest absolute Gasteiger partial charge is 0.319 e. The van der Waals surface area contributed by atoms with E-state index in [-0.39, 0.29) is 6.54 Å². The van der Waals surface area contributed by atoms with Crippen LogP contribution in [0.4, 0.5) is 20.6 Å². The lowest BCUT2D eigenvalue weighted by Crippen LogP contribution is -2.35. The molecule has 2 aromatic rings. The number of urea groups is 1. The molecule has 7 heteroatoms. The number of ether oxygens (including phenoxy) is 1. The molecule has 0 heterocycles. The zero-order valence-electron chi connectivity index (χ0n) is 13.1. The van der Waals surface area contributed by atoms with Gasteiger partial charge in [-0.3, -0.25) is 4.79 Å². The number of carbonyl (C=O) groups excluding carboxylic acids is 2. The van der Waals surface area contributed by atoms with Crippen molar-refractivity contribution in [2.24, 2.45) is 0 Å². The van der Waals surface area contributed by atoms with Crippen LogP contribution in [-0.2, 0) is 4.79 Å². The minimum Gasteiger partial charge on any atom is -0.492 e. The topological polar surface area (TPSA) is 79.5 Å². The van der Waals surface area contributed by atoms with Gasteiger partial charge < -0.3 is 20.7 Å². The van der Waals surface area contributed by atoms with E-state index in [1.165, 1.54) is 24.3 Å². The average molecular weight is 331 g/mol. The Morgan fingerprint density at radius 1 is 1.04 bits per heavy atom. The highest BCUT2D eigenvalue weighted by Gasteiger charge is 2.09. The number of benzene rings is 2. The van der Waals surface area contributed by atoms with Crippen molar-refractivity contribution in [3.63, 3.8) is 0 Å². The molecule has 3 N–H and O–H groups in total. The van der Waals surface area contributed by atoms with E-state index in [1.807, 2.05) is 6.92 Å². The van der Waals surface area contributed by atoms with Gasteiger partial charge in [0, 0.05) is 5.69 Å². The van der Waals surface area contributed by atoms with E-state index < -0.39 is 17.8 Å². The first-order chi connectivity index (χ1) is 11.6. The minimum absolute atomic E-state index is 0.222. The molecule has 0 saturated heterocycles. The summed E-state index contributed by atoms with van der Waals surface area (Å²) in [5, 5.41) is 7.60. The molecular weight excluding hydrogens is 313 g/mol. The summed E-state index contributed by atoms with van der Waals surface area (Å²) in [6.45, 7) is 2.09. The molecule has 2 rings (SSSR count). The maximum atomic E-state index is 12.8. The lowest BCUT2D eigenvalue weighted by atomic mass is 10.3. The normalized spacial score (nSPS) is 9.92. The Labute approximate surface area is 139 Å². The zero-order valence-corrected chi connectivity index (χ0v) is 13.1. The second-order valence-corrected chi connectivity index (χ2v) is 4.79. The Morgan fingerprint density at radius 3 is 2.46 bits per heavy atom. The van der Waals surface area contributed by atoms with Crippen molar-refractivity contribution >= 4 is 23.3 Å². The number of amides is 3. The van der Waals surface area contributed by atoms with E-state index in [4.69, 9.17) is 4.74 Å². The standard InChI is InChI=1S/C17H18FN3O3/c1-2-24-15-6-4-3-5-14(15)21-17(23)19-11-16(22)20-13-9-7-12(18)8-10-13/h3-10H,2,11H2,1H3,(H,20,22)(H2,19,21,23). The van der Waals surface area contributed by atoms with Crippen molar-refractivity contribution in [1.82, 2.24) is 5.32 Å². The van der Waals surface area contributed by atoms with E-state index in [9.17, 15) is 14.0 Å². The van der Waals surface area contributed by atoms with Gasteiger partial charge in [0.2, 0.25) is 5.91 Å². The molecule has 0 atom stereocenters. The number of anilines is 2. The minimum atomic E-state index is -0.531. The first-order valence-corrected chi connectivity index (χ1v) is 7.40. The zero-order chi connectivity index (χ0) is 17.4. The van der Waals surface area contributed by atoms with Crippen LogP contribution >= 0.6 is 0 Å². The molecule has 0 unspecified atom stereocenters. The third-order valence-electron chi connectivity index (χ3n) is 2.97. The highest BCUT2D eigenvalue weighted by atomic mass is 19.1. The van der Waals surface area contributed by atoms with Gasteiger partial charge in [0.15, 0.2) is 0 Å². The largest absolute Gasteiger partial charge is 0.492 e. The van der Waals surface area contributed by atoms with Gasteiger partial charge in [0.25, 0.3) is 0 Å². The summed E-state index contributed by atoms with van der Waals surface area (Å²) in [7, 11) is 0. The lowest BCUT2D eigenvalue weighted by molar-refractivity contribution is -0.115. The predicted octanol–water partition coefficient (Wildman–Crippen LogP) is 2.98. The summed E-state index contributed by atoms with van der Waals surface area (Å²) >= 11 is 0. The van der Waals surface area contributed by atoms with Gasteiger partial charge in [0.05, 0.1) is 18.8 Å². The fraction of sp³-hybridized carbons (Fsp3) is 0.176. The first kappa shape index (κ1) is 17.3. The molecule has 0 aliphatic heterocycles. The molecular formula is C17H18FN3O3. The van der Waals surface area contributed by atoms with Crippen molar-refractivity contribution in [2.45, 2.75) is 6.92 Å². The number of rotatable bonds is 6. The van der Waals surface area contributed by atoms with Crippen LogP contribution < -0.4 is 20.7 Å². The van der Waals surface area contributed by atoms with Crippen LogP contribution in [0, 0.1) is 5.82 Å². The maximum absolute atomic E-state index is 12.8. The Balaban J connectivity index is 1.82. The van der Waals surface area contributed by atoms with E-state index in [2.05, 4.69) is 16.0 Å². The summed E-state index contributed by atoms with van der Waals surface area (Å²) < 4.78 is 18.2. The third kappa shape index (κ3) is 5.28. The Morgan fingerprint density at radius 2 is 1.75 bits per heavy atom. The first-order valence-electron chi connectivity index (χ1n) is 7.40. The van der Waals surface area contributed by atoms with Gasteiger partial charge in [-0.15, -0.1) is 0 Å². The number of nitrogens with one attached hydrogen (secondary N) is 3. The van der Waals surface area contributed by atoms with E-state index in [1.54, 1.807) is 24.3 Å². The summed E-state index contributed by atoms with van der Waals surface area (Å²) in [4.78, 5) is 23.6. The molecule has 2 aromatic carbocycles. The second kappa shape index (κ2) is 8.52. The molecule has 0 aliphatic rings. The third-order valence-corrected chi connectivity index (χ3v) is 2.97. The fourth-order valence-electron chi connectivity index (χ4n) is 1.92. The van der Waals surface area contributed by atoms with Crippen LogP contribution in [0.25, 0.3) is 0 Å². The van der Waals surface area contributed by atoms with Crippen molar-refractivity contribution in [3.8, 4) is 5.75 Å². The van der Waals surface area contributed by atoms with Crippen LogP contribution in [0.15, 0.2) is 48.5 Å². The van der Waals surface area contributed by atoms with Gasteiger partial charge in [-0.2, -0.15) is 0 Å². The predicted molar refractivity (Wildman–Crippen MR) is 89.7 cm³/mol. The van der Waals surface area contributed by atoms with Crippen molar-refractivity contribution in [3.05, 3.63) is 54.3 Å². The van der Waals surface area contributed by atoms with Gasteiger partial charge in [-0.25, -0.2) is 9.18 Å². The molecule has 0 aromatic heterocycles. The quantitative estimate of drug-likeness (QED) is 0.761. The summed E-state index contributed by atoms with van der Waals surface area (Å²) in [6, 6.07) is 11.8. The van der Waals surface area contributed by atoms with Gasteiger partial charge in [0.1, 0.15) is 11.6 Å². The molecule has 126 valence electrons. The number of para-hydroxylation sites is 2. The highest BCUT2D eigenvalue weighted by Crippen LogP contribution is 2.23. The summed E-state index contributed by atoms with van der Waals surface area (Å²) in [5.41, 5.74) is 0.959. The van der Waals surface area contributed by atoms with Crippen molar-refractivity contribution < 1.29 is 18.7 Å². The molecule has 6 nitrogen and oxygen atoms in total. The van der Waals surface area contributed by atoms with Crippen LogP contribution in [-0.4, -0.2) is 25.1 Å². The van der Waals surface area contributed by atoms with Gasteiger partial charge in [-0.05, 0) is 43.3 Å². The highest BCUT2D eigenvalue weighted by molar-refractivity contribution is 5.97. The fourth-order valence-corrected chi connectivity index (χ4v) is 1.92. The molecule has 0 saturated carbocycles. The number of carbonyl (C=O) groups is 2. The number of halogens is 1.